The highest BCUT2D eigenvalue weighted by Gasteiger charge is 2.37. The molecule has 0 aliphatic carbocycles. The van der Waals surface area contributed by atoms with Crippen molar-refractivity contribution in [1.29, 1.82) is 0 Å². The van der Waals surface area contributed by atoms with E-state index in [0.29, 0.717) is 24.3 Å². The van der Waals surface area contributed by atoms with Gasteiger partial charge in [-0.3, -0.25) is 4.79 Å². The highest BCUT2D eigenvalue weighted by atomic mass is 19.3. The first-order chi connectivity index (χ1) is 8.79. The van der Waals surface area contributed by atoms with Crippen LogP contribution >= 0.6 is 0 Å². The average Bonchev–Trinajstić information content (AvgIpc) is 2.71. The number of hydrogen-bond donors (Lipinski definition) is 0. The lowest BCUT2D eigenvalue weighted by Gasteiger charge is -2.20. The van der Waals surface area contributed by atoms with Gasteiger partial charge in [0.15, 0.2) is 6.23 Å². The summed E-state index contributed by atoms with van der Waals surface area (Å²) in [6.07, 6.45) is -0.946. The molecule has 0 fully saturated rings. The molecule has 4 nitrogen and oxygen atoms in total. The Balaban J connectivity index is 0.000000771. The van der Waals surface area contributed by atoms with Crippen molar-refractivity contribution in [3.05, 3.63) is 35.4 Å². The number of carbonyl (C=O) groups is 1. The molecule has 1 unspecified atom stereocenters. The summed E-state index contributed by atoms with van der Waals surface area (Å²) in [5.74, 6) is -0.227. The lowest BCUT2D eigenvalue weighted by molar-refractivity contribution is -0.220. The fraction of sp³-hybridized carbons (Fsp3) is 0.462. The molecule has 1 aromatic rings. The third-order valence-electron chi connectivity index (χ3n) is 2.62. The van der Waals surface area contributed by atoms with E-state index in [2.05, 4.69) is 4.94 Å². The normalized spacial score (nSPS) is 17.2. The van der Waals surface area contributed by atoms with Crippen molar-refractivity contribution in [3.63, 3.8) is 0 Å². The second kappa shape index (κ2) is 7.08. The molecule has 0 spiro atoms. The number of nitrogens with zero attached hydrogens (tertiary/aromatic N) is 1. The van der Waals surface area contributed by atoms with Gasteiger partial charge in [-0.25, -0.2) is 0 Å². The molecule has 0 N–H and O–H groups in total. The van der Waals surface area contributed by atoms with Crippen molar-refractivity contribution < 1.29 is 19.0 Å². The minimum Gasteiger partial charge on any atom is -0.383 e. The maximum atomic E-state index is 12.5. The summed E-state index contributed by atoms with van der Waals surface area (Å²) in [4.78, 5) is 17.1. The second-order valence-electron chi connectivity index (χ2n) is 3.52. The molecule has 1 amide bonds. The minimum atomic E-state index is -0.946. The van der Waals surface area contributed by atoms with Gasteiger partial charge in [0, 0.05) is 24.8 Å². The van der Waals surface area contributed by atoms with Crippen LogP contribution in [0.3, 0.4) is 0 Å². The van der Waals surface area contributed by atoms with Crippen LogP contribution in [-0.4, -0.2) is 31.1 Å². The Labute approximate surface area is 106 Å². The standard InChI is InChI=1S/C11H12FNO3.C2H6/c1-15-7-6-13-10(14)8-4-2-3-5-9(8)11(13)16-12;1-2/h2-5,11H,6-7H2,1H3;1-2H3. The SMILES string of the molecule is CC.COCCN1C(=O)c2ccccc2C1OF. The molecule has 0 aromatic heterocycles. The van der Waals surface area contributed by atoms with Gasteiger partial charge in [0.2, 0.25) is 0 Å². The quantitative estimate of drug-likeness (QED) is 0.830. The van der Waals surface area contributed by atoms with E-state index in [9.17, 15) is 9.32 Å². The highest BCUT2D eigenvalue weighted by molar-refractivity contribution is 5.98. The summed E-state index contributed by atoms with van der Waals surface area (Å²) in [7, 11) is 1.53. The molecule has 0 saturated carbocycles. The maximum absolute atomic E-state index is 12.5. The predicted molar refractivity (Wildman–Crippen MR) is 65.6 cm³/mol. The Bertz CT molecular complexity index is 398. The van der Waals surface area contributed by atoms with Crippen LogP contribution in [0.15, 0.2) is 24.3 Å². The molecule has 18 heavy (non-hydrogen) atoms. The lowest BCUT2D eigenvalue weighted by Crippen LogP contribution is -2.31. The maximum Gasteiger partial charge on any atom is 0.256 e. The van der Waals surface area contributed by atoms with E-state index in [1.54, 1.807) is 24.3 Å². The topological polar surface area (TPSA) is 38.8 Å². The van der Waals surface area contributed by atoms with Gasteiger partial charge >= 0.3 is 0 Å². The third-order valence-corrected chi connectivity index (χ3v) is 2.62. The van der Waals surface area contributed by atoms with Crippen molar-refractivity contribution in [2.45, 2.75) is 20.1 Å². The van der Waals surface area contributed by atoms with Gasteiger partial charge in [-0.05, 0) is 10.6 Å². The number of halogens is 1. The van der Waals surface area contributed by atoms with E-state index in [-0.39, 0.29) is 5.91 Å². The van der Waals surface area contributed by atoms with Crippen molar-refractivity contribution in [2.75, 3.05) is 20.3 Å². The van der Waals surface area contributed by atoms with Crippen molar-refractivity contribution in [1.82, 2.24) is 4.90 Å². The summed E-state index contributed by atoms with van der Waals surface area (Å²) >= 11 is 0. The first-order valence-corrected chi connectivity index (χ1v) is 5.96. The number of fused-ring (bicyclic) bond motifs is 1. The van der Waals surface area contributed by atoms with E-state index >= 15 is 0 Å². The molecule has 1 heterocycles. The van der Waals surface area contributed by atoms with Gasteiger partial charge in [-0.2, -0.15) is 4.94 Å². The predicted octanol–water partition coefficient (Wildman–Crippen LogP) is 2.71. The van der Waals surface area contributed by atoms with Gasteiger partial charge in [-0.1, -0.05) is 32.0 Å². The van der Waals surface area contributed by atoms with Gasteiger partial charge in [0.25, 0.3) is 5.91 Å². The zero-order valence-electron chi connectivity index (χ0n) is 10.9. The van der Waals surface area contributed by atoms with Gasteiger partial charge in [0.05, 0.1) is 6.61 Å². The molecule has 5 heteroatoms. The summed E-state index contributed by atoms with van der Waals surface area (Å²) < 4.78 is 17.4. The summed E-state index contributed by atoms with van der Waals surface area (Å²) in [6.45, 7) is 4.65. The van der Waals surface area contributed by atoms with Crippen LogP contribution in [-0.2, 0) is 9.68 Å². The first kappa shape index (κ1) is 14.6. The molecular weight excluding hydrogens is 237 g/mol. The van der Waals surface area contributed by atoms with Gasteiger partial charge < -0.3 is 9.64 Å². The minimum absolute atomic E-state index is 0.227. The van der Waals surface area contributed by atoms with E-state index in [1.807, 2.05) is 13.8 Å². The molecule has 1 aliphatic rings. The van der Waals surface area contributed by atoms with Crippen molar-refractivity contribution in [3.8, 4) is 0 Å². The number of methoxy groups -OCH3 is 1. The molecule has 2 rings (SSSR count). The zero-order valence-corrected chi connectivity index (χ0v) is 10.9. The van der Waals surface area contributed by atoms with Crippen LogP contribution in [0.4, 0.5) is 4.53 Å². The van der Waals surface area contributed by atoms with Crippen molar-refractivity contribution in [2.24, 2.45) is 0 Å². The third kappa shape index (κ3) is 2.68. The number of hydrogen-bond acceptors (Lipinski definition) is 3. The molecule has 100 valence electrons. The summed E-state index contributed by atoms with van der Waals surface area (Å²) in [6, 6.07) is 6.84. The Kier molecular flexibility index (Phi) is 5.74. The largest absolute Gasteiger partial charge is 0.383 e. The fourth-order valence-corrected chi connectivity index (χ4v) is 1.84. The summed E-state index contributed by atoms with van der Waals surface area (Å²) in [5, 5.41) is 0. The Morgan fingerprint density at radius 1 is 1.33 bits per heavy atom. The van der Waals surface area contributed by atoms with Crippen molar-refractivity contribution >= 4 is 5.91 Å². The van der Waals surface area contributed by atoms with E-state index in [0.717, 1.165) is 0 Å². The average molecular weight is 255 g/mol. The Morgan fingerprint density at radius 3 is 2.61 bits per heavy atom. The monoisotopic (exact) mass is 255 g/mol. The van der Waals surface area contributed by atoms with E-state index in [1.165, 1.54) is 12.0 Å². The van der Waals surface area contributed by atoms with E-state index in [4.69, 9.17) is 4.74 Å². The first-order valence-electron chi connectivity index (χ1n) is 5.96. The number of amides is 1. The van der Waals surface area contributed by atoms with Gasteiger partial charge in [0.1, 0.15) is 0 Å². The Hall–Kier alpha value is -1.46. The van der Waals surface area contributed by atoms with Crippen LogP contribution in [0, 0.1) is 0 Å². The van der Waals surface area contributed by atoms with Gasteiger partial charge in [-0.15, -0.1) is 0 Å². The second-order valence-corrected chi connectivity index (χ2v) is 3.52. The van der Waals surface area contributed by atoms with Crippen LogP contribution in [0.1, 0.15) is 36.0 Å². The molecule has 1 aromatic carbocycles. The molecule has 1 atom stereocenters. The lowest BCUT2D eigenvalue weighted by atomic mass is 10.1. The number of benzene rings is 1. The molecule has 0 bridgehead atoms. The number of ether oxygens (including phenoxy) is 1. The number of carbonyl (C=O) groups excluding carboxylic acids is 1. The fourth-order valence-electron chi connectivity index (χ4n) is 1.84. The molecule has 0 radical (unpaired) electrons. The highest BCUT2D eigenvalue weighted by Crippen LogP contribution is 2.34. The van der Waals surface area contributed by atoms with Crippen LogP contribution < -0.4 is 0 Å². The van der Waals surface area contributed by atoms with Crippen LogP contribution in [0.2, 0.25) is 0 Å². The molecule has 1 aliphatic heterocycles. The van der Waals surface area contributed by atoms with Crippen LogP contribution in [0.5, 0.6) is 0 Å². The molecule has 0 saturated heterocycles. The van der Waals surface area contributed by atoms with E-state index < -0.39 is 6.23 Å². The molecular formula is C13H18FNO3. The number of rotatable bonds is 4. The smallest absolute Gasteiger partial charge is 0.256 e. The zero-order chi connectivity index (χ0) is 13.5. The van der Waals surface area contributed by atoms with Crippen LogP contribution in [0.25, 0.3) is 0 Å². The Morgan fingerprint density at radius 2 is 2.00 bits per heavy atom. The summed E-state index contributed by atoms with van der Waals surface area (Å²) in [5.41, 5.74) is 1.05.